The van der Waals surface area contributed by atoms with Crippen LogP contribution >= 0.6 is 0 Å². The summed E-state index contributed by atoms with van der Waals surface area (Å²) >= 11 is 0. The van der Waals surface area contributed by atoms with Crippen molar-refractivity contribution < 1.29 is 14.3 Å². The topological polar surface area (TPSA) is 68.0 Å². The SMILES string of the molecule is CC(c1ccc(F)cc1)n1nnc2cccc(C(=O)O)c21. The summed E-state index contributed by atoms with van der Waals surface area (Å²) in [5.74, 6) is -1.35. The van der Waals surface area contributed by atoms with E-state index in [1.807, 2.05) is 6.92 Å². The van der Waals surface area contributed by atoms with E-state index >= 15 is 0 Å². The predicted octanol–water partition coefficient (Wildman–Crippen LogP) is 2.88. The van der Waals surface area contributed by atoms with E-state index in [1.165, 1.54) is 18.2 Å². The minimum Gasteiger partial charge on any atom is -0.478 e. The van der Waals surface area contributed by atoms with E-state index in [9.17, 15) is 14.3 Å². The summed E-state index contributed by atoms with van der Waals surface area (Å²) in [4.78, 5) is 11.4. The molecule has 0 aliphatic rings. The monoisotopic (exact) mass is 285 g/mol. The van der Waals surface area contributed by atoms with Crippen molar-refractivity contribution in [3.8, 4) is 0 Å². The lowest BCUT2D eigenvalue weighted by atomic mass is 10.1. The fourth-order valence-corrected chi connectivity index (χ4v) is 2.32. The second-order valence-corrected chi connectivity index (χ2v) is 4.74. The molecule has 0 aliphatic carbocycles. The molecule has 106 valence electrons. The number of aromatic carboxylic acids is 1. The van der Waals surface area contributed by atoms with Crippen LogP contribution in [0.2, 0.25) is 0 Å². The maximum atomic E-state index is 13.0. The summed E-state index contributed by atoms with van der Waals surface area (Å²) in [6.07, 6.45) is 0. The van der Waals surface area contributed by atoms with Gasteiger partial charge in [-0.2, -0.15) is 0 Å². The van der Waals surface area contributed by atoms with Gasteiger partial charge in [-0.05, 0) is 36.8 Å². The van der Waals surface area contributed by atoms with Gasteiger partial charge in [-0.3, -0.25) is 0 Å². The molecule has 1 unspecified atom stereocenters. The maximum absolute atomic E-state index is 13.0. The van der Waals surface area contributed by atoms with Gasteiger partial charge in [0.05, 0.1) is 11.6 Å². The first-order chi connectivity index (χ1) is 10.1. The Morgan fingerprint density at radius 1 is 1.24 bits per heavy atom. The number of carboxylic acids is 1. The Kier molecular flexibility index (Phi) is 3.13. The molecule has 6 heteroatoms. The number of hydrogen-bond donors (Lipinski definition) is 1. The average Bonchev–Trinajstić information content (AvgIpc) is 2.91. The normalized spacial score (nSPS) is 12.5. The van der Waals surface area contributed by atoms with E-state index in [0.717, 1.165) is 5.56 Å². The van der Waals surface area contributed by atoms with Crippen molar-refractivity contribution in [2.24, 2.45) is 0 Å². The molecule has 0 saturated carbocycles. The molecule has 0 fully saturated rings. The van der Waals surface area contributed by atoms with Gasteiger partial charge in [0, 0.05) is 0 Å². The summed E-state index contributed by atoms with van der Waals surface area (Å²) in [6, 6.07) is 10.6. The number of para-hydroxylation sites is 1. The summed E-state index contributed by atoms with van der Waals surface area (Å²) in [6.45, 7) is 1.86. The number of hydrogen-bond acceptors (Lipinski definition) is 3. The van der Waals surface area contributed by atoms with E-state index in [1.54, 1.807) is 28.9 Å². The van der Waals surface area contributed by atoms with E-state index < -0.39 is 5.97 Å². The fourth-order valence-electron chi connectivity index (χ4n) is 2.32. The van der Waals surface area contributed by atoms with E-state index in [-0.39, 0.29) is 17.4 Å². The van der Waals surface area contributed by atoms with Crippen LogP contribution in [0, 0.1) is 5.82 Å². The first kappa shape index (κ1) is 13.2. The number of aromatic nitrogens is 3. The summed E-state index contributed by atoms with van der Waals surface area (Å²) in [5.41, 5.74) is 1.94. The fraction of sp³-hybridized carbons (Fsp3) is 0.133. The number of benzene rings is 2. The van der Waals surface area contributed by atoms with Crippen molar-refractivity contribution in [1.82, 2.24) is 15.0 Å². The summed E-state index contributed by atoms with van der Waals surface area (Å²) in [5, 5.41) is 17.3. The van der Waals surface area contributed by atoms with Crippen molar-refractivity contribution in [2.75, 3.05) is 0 Å². The molecule has 1 aromatic heterocycles. The van der Waals surface area contributed by atoms with Crippen LogP contribution in [0.3, 0.4) is 0 Å². The van der Waals surface area contributed by atoms with Gasteiger partial charge in [-0.1, -0.05) is 23.4 Å². The van der Waals surface area contributed by atoms with Gasteiger partial charge in [-0.25, -0.2) is 13.9 Å². The highest BCUT2D eigenvalue weighted by atomic mass is 19.1. The molecular formula is C15H12FN3O2. The van der Waals surface area contributed by atoms with Crippen LogP contribution in [0.15, 0.2) is 42.5 Å². The van der Waals surface area contributed by atoms with Crippen LogP contribution in [0.4, 0.5) is 4.39 Å². The number of carbonyl (C=O) groups is 1. The third-order valence-corrected chi connectivity index (χ3v) is 3.44. The molecule has 1 heterocycles. The lowest BCUT2D eigenvalue weighted by Gasteiger charge is -2.13. The number of carboxylic acid groups (broad SMARTS) is 1. The van der Waals surface area contributed by atoms with E-state index in [0.29, 0.717) is 11.0 Å². The molecule has 3 rings (SSSR count). The number of rotatable bonds is 3. The van der Waals surface area contributed by atoms with Crippen molar-refractivity contribution in [1.29, 1.82) is 0 Å². The maximum Gasteiger partial charge on any atom is 0.337 e. The molecule has 0 spiro atoms. The molecular weight excluding hydrogens is 273 g/mol. The molecule has 0 aliphatic heterocycles. The van der Waals surface area contributed by atoms with Crippen molar-refractivity contribution in [3.05, 3.63) is 59.4 Å². The van der Waals surface area contributed by atoms with Crippen LogP contribution in [0.25, 0.3) is 11.0 Å². The molecule has 0 radical (unpaired) electrons. The Morgan fingerprint density at radius 2 is 1.95 bits per heavy atom. The Hall–Kier alpha value is -2.76. The quantitative estimate of drug-likeness (QED) is 0.803. The second-order valence-electron chi connectivity index (χ2n) is 4.74. The highest BCUT2D eigenvalue weighted by Crippen LogP contribution is 2.24. The van der Waals surface area contributed by atoms with Crippen molar-refractivity contribution in [3.63, 3.8) is 0 Å². The lowest BCUT2D eigenvalue weighted by Crippen LogP contribution is -2.11. The van der Waals surface area contributed by atoms with Crippen LogP contribution < -0.4 is 0 Å². The zero-order valence-corrected chi connectivity index (χ0v) is 11.2. The second kappa shape index (κ2) is 4.97. The molecule has 0 bridgehead atoms. The van der Waals surface area contributed by atoms with Gasteiger partial charge in [0.2, 0.25) is 0 Å². The molecule has 21 heavy (non-hydrogen) atoms. The zero-order valence-electron chi connectivity index (χ0n) is 11.2. The Bertz CT molecular complexity index is 811. The highest BCUT2D eigenvalue weighted by molar-refractivity contribution is 6.00. The minimum atomic E-state index is -1.03. The lowest BCUT2D eigenvalue weighted by molar-refractivity contribution is 0.0698. The number of fused-ring (bicyclic) bond motifs is 1. The van der Waals surface area contributed by atoms with Crippen LogP contribution in [-0.2, 0) is 0 Å². The zero-order chi connectivity index (χ0) is 15.0. The molecule has 5 nitrogen and oxygen atoms in total. The Morgan fingerprint density at radius 3 is 2.62 bits per heavy atom. The Balaban J connectivity index is 2.16. The molecule has 0 saturated heterocycles. The molecule has 1 atom stereocenters. The van der Waals surface area contributed by atoms with Gasteiger partial charge >= 0.3 is 5.97 Å². The standard InChI is InChI=1S/C15H12FN3O2/c1-9(10-5-7-11(16)8-6-10)19-14-12(15(20)21)3-2-4-13(14)17-18-19/h2-9H,1H3,(H,20,21). The van der Waals surface area contributed by atoms with Crippen LogP contribution in [0.5, 0.6) is 0 Å². The molecule has 0 amide bonds. The number of halogens is 1. The van der Waals surface area contributed by atoms with Gasteiger partial charge in [0.1, 0.15) is 16.9 Å². The first-order valence-corrected chi connectivity index (χ1v) is 6.40. The van der Waals surface area contributed by atoms with Gasteiger partial charge in [0.15, 0.2) is 0 Å². The van der Waals surface area contributed by atoms with Crippen LogP contribution in [0.1, 0.15) is 28.9 Å². The largest absolute Gasteiger partial charge is 0.478 e. The minimum absolute atomic E-state index is 0.145. The van der Waals surface area contributed by atoms with Crippen molar-refractivity contribution in [2.45, 2.75) is 13.0 Å². The van der Waals surface area contributed by atoms with Gasteiger partial charge < -0.3 is 5.11 Å². The third-order valence-electron chi connectivity index (χ3n) is 3.44. The van der Waals surface area contributed by atoms with Crippen LogP contribution in [-0.4, -0.2) is 26.1 Å². The van der Waals surface area contributed by atoms with E-state index in [2.05, 4.69) is 10.3 Å². The number of nitrogens with zero attached hydrogens (tertiary/aromatic N) is 3. The summed E-state index contributed by atoms with van der Waals surface area (Å²) < 4.78 is 14.6. The van der Waals surface area contributed by atoms with Crippen molar-refractivity contribution >= 4 is 17.0 Å². The third kappa shape index (κ3) is 2.24. The first-order valence-electron chi connectivity index (χ1n) is 6.40. The predicted molar refractivity (Wildman–Crippen MR) is 74.7 cm³/mol. The van der Waals surface area contributed by atoms with E-state index in [4.69, 9.17) is 0 Å². The molecule has 2 aromatic carbocycles. The molecule has 1 N–H and O–H groups in total. The average molecular weight is 285 g/mol. The Labute approximate surface area is 119 Å². The molecule has 3 aromatic rings. The van der Waals surface area contributed by atoms with Gasteiger partial charge in [-0.15, -0.1) is 5.10 Å². The smallest absolute Gasteiger partial charge is 0.337 e. The van der Waals surface area contributed by atoms with Gasteiger partial charge in [0.25, 0.3) is 0 Å². The summed E-state index contributed by atoms with van der Waals surface area (Å²) in [7, 11) is 0. The highest BCUT2D eigenvalue weighted by Gasteiger charge is 2.18.